The predicted octanol–water partition coefficient (Wildman–Crippen LogP) is 3.13. The molecule has 0 saturated carbocycles. The minimum atomic E-state index is -0.515. The molecule has 0 aliphatic carbocycles. The number of carbonyl (C=O) groups excluding carboxylic acids is 1. The number of aryl methyl sites for hydroxylation is 1. The first-order valence-electron chi connectivity index (χ1n) is 5.76. The molecule has 100 valence electrons. The van der Waals surface area contributed by atoms with Crippen LogP contribution in [-0.4, -0.2) is 13.1 Å². The first kappa shape index (κ1) is 13.1. The number of nitrogens with one attached hydrogen (secondary N) is 1. The van der Waals surface area contributed by atoms with Crippen molar-refractivity contribution in [1.29, 1.82) is 0 Å². The molecular weight excluding hydrogens is 249 g/mol. The Morgan fingerprint density at radius 2 is 2.21 bits per heavy atom. The van der Waals surface area contributed by atoms with Gasteiger partial charge < -0.3 is 14.5 Å². The standard InChI is InChI=1S/C14H14FNO3/c1-9-5-6-19-13(9)8-16-12-7-10(15)3-4-11(12)14(17)18-2/h3-7,16H,8H2,1-2H3. The number of esters is 1. The van der Waals surface area contributed by atoms with Gasteiger partial charge in [-0.2, -0.15) is 0 Å². The van der Waals surface area contributed by atoms with E-state index >= 15 is 0 Å². The molecule has 0 bridgehead atoms. The first-order valence-corrected chi connectivity index (χ1v) is 5.76. The second kappa shape index (κ2) is 5.56. The van der Waals surface area contributed by atoms with Gasteiger partial charge in [0.25, 0.3) is 0 Å². The summed E-state index contributed by atoms with van der Waals surface area (Å²) in [4.78, 5) is 11.6. The fourth-order valence-electron chi connectivity index (χ4n) is 1.71. The summed E-state index contributed by atoms with van der Waals surface area (Å²) in [5.74, 6) is -0.204. The lowest BCUT2D eigenvalue weighted by atomic mass is 10.1. The number of rotatable bonds is 4. The van der Waals surface area contributed by atoms with Gasteiger partial charge in [0.15, 0.2) is 0 Å². The van der Waals surface area contributed by atoms with Gasteiger partial charge in [-0.25, -0.2) is 9.18 Å². The number of anilines is 1. The van der Waals surface area contributed by atoms with Gasteiger partial charge in [0.1, 0.15) is 11.6 Å². The Morgan fingerprint density at radius 3 is 2.84 bits per heavy atom. The number of benzene rings is 1. The highest BCUT2D eigenvalue weighted by Gasteiger charge is 2.13. The van der Waals surface area contributed by atoms with Crippen molar-refractivity contribution in [2.45, 2.75) is 13.5 Å². The number of carbonyl (C=O) groups is 1. The molecule has 1 N–H and O–H groups in total. The molecule has 0 amide bonds. The predicted molar refractivity (Wildman–Crippen MR) is 68.5 cm³/mol. The molecule has 0 unspecified atom stereocenters. The quantitative estimate of drug-likeness (QED) is 0.861. The molecule has 19 heavy (non-hydrogen) atoms. The lowest BCUT2D eigenvalue weighted by Gasteiger charge is -2.10. The van der Waals surface area contributed by atoms with Crippen LogP contribution in [0.4, 0.5) is 10.1 Å². The zero-order valence-corrected chi connectivity index (χ0v) is 10.7. The molecular formula is C14H14FNO3. The Morgan fingerprint density at radius 1 is 1.42 bits per heavy atom. The Hall–Kier alpha value is -2.30. The molecule has 0 radical (unpaired) electrons. The molecule has 4 nitrogen and oxygen atoms in total. The fourth-order valence-corrected chi connectivity index (χ4v) is 1.71. The number of halogens is 1. The lowest BCUT2D eigenvalue weighted by Crippen LogP contribution is -2.08. The van der Waals surface area contributed by atoms with Crippen LogP contribution in [0.5, 0.6) is 0 Å². The summed E-state index contributed by atoms with van der Waals surface area (Å²) in [5, 5.41) is 2.98. The summed E-state index contributed by atoms with van der Waals surface area (Å²) in [6.07, 6.45) is 1.58. The van der Waals surface area contributed by atoms with Crippen LogP contribution in [0.2, 0.25) is 0 Å². The summed E-state index contributed by atoms with van der Waals surface area (Å²) in [5.41, 5.74) is 1.65. The second-order valence-corrected chi connectivity index (χ2v) is 4.06. The highest BCUT2D eigenvalue weighted by molar-refractivity contribution is 5.95. The van der Waals surface area contributed by atoms with Gasteiger partial charge in [-0.3, -0.25) is 0 Å². The molecule has 0 aliphatic heterocycles. The summed E-state index contributed by atoms with van der Waals surface area (Å²) in [6.45, 7) is 2.28. The molecule has 0 fully saturated rings. The monoisotopic (exact) mass is 263 g/mol. The summed E-state index contributed by atoms with van der Waals surface area (Å²) in [7, 11) is 1.28. The smallest absolute Gasteiger partial charge is 0.339 e. The van der Waals surface area contributed by atoms with Crippen LogP contribution in [0.25, 0.3) is 0 Å². The van der Waals surface area contributed by atoms with E-state index in [4.69, 9.17) is 4.42 Å². The zero-order valence-electron chi connectivity index (χ0n) is 10.7. The molecule has 2 aromatic rings. The average Bonchev–Trinajstić information content (AvgIpc) is 2.81. The van der Waals surface area contributed by atoms with E-state index in [1.165, 1.54) is 25.3 Å². The number of furan rings is 1. The number of hydrogen-bond donors (Lipinski definition) is 1. The minimum absolute atomic E-state index is 0.285. The van der Waals surface area contributed by atoms with Gasteiger partial charge in [-0.15, -0.1) is 0 Å². The summed E-state index contributed by atoms with van der Waals surface area (Å²) < 4.78 is 23.2. The maximum Gasteiger partial charge on any atom is 0.339 e. The van der Waals surface area contributed by atoms with Gasteiger partial charge in [-0.05, 0) is 36.8 Å². The van der Waals surface area contributed by atoms with Crippen molar-refractivity contribution in [3.05, 3.63) is 53.2 Å². The SMILES string of the molecule is COC(=O)c1ccc(F)cc1NCc1occc1C. The molecule has 1 heterocycles. The number of methoxy groups -OCH3 is 1. The minimum Gasteiger partial charge on any atom is -0.467 e. The molecule has 0 atom stereocenters. The summed E-state index contributed by atoms with van der Waals surface area (Å²) in [6, 6.07) is 5.70. The van der Waals surface area contributed by atoms with Crippen LogP contribution in [0.3, 0.4) is 0 Å². The Kier molecular flexibility index (Phi) is 3.85. The normalized spacial score (nSPS) is 10.3. The van der Waals surface area contributed by atoms with E-state index < -0.39 is 11.8 Å². The van der Waals surface area contributed by atoms with Crippen LogP contribution in [0.1, 0.15) is 21.7 Å². The largest absolute Gasteiger partial charge is 0.467 e. The molecule has 1 aromatic heterocycles. The Balaban J connectivity index is 2.21. The van der Waals surface area contributed by atoms with Gasteiger partial charge in [-0.1, -0.05) is 0 Å². The Labute approximate surface area is 110 Å². The van der Waals surface area contributed by atoms with E-state index in [0.717, 1.165) is 11.3 Å². The fraction of sp³-hybridized carbons (Fsp3) is 0.214. The van der Waals surface area contributed by atoms with E-state index in [9.17, 15) is 9.18 Å². The first-order chi connectivity index (χ1) is 9.11. The molecule has 0 aliphatic rings. The van der Waals surface area contributed by atoms with Gasteiger partial charge in [0.05, 0.1) is 31.2 Å². The van der Waals surface area contributed by atoms with E-state index in [-0.39, 0.29) is 5.56 Å². The van der Waals surface area contributed by atoms with Crippen molar-refractivity contribution in [3.8, 4) is 0 Å². The van der Waals surface area contributed by atoms with Crippen LogP contribution < -0.4 is 5.32 Å². The van der Waals surface area contributed by atoms with Gasteiger partial charge >= 0.3 is 5.97 Å². The average molecular weight is 263 g/mol. The molecule has 2 rings (SSSR count). The van der Waals surface area contributed by atoms with Crippen molar-refractivity contribution < 1.29 is 18.3 Å². The van der Waals surface area contributed by atoms with Crippen LogP contribution in [0, 0.1) is 12.7 Å². The van der Waals surface area contributed by atoms with Crippen molar-refractivity contribution >= 4 is 11.7 Å². The van der Waals surface area contributed by atoms with Gasteiger partial charge in [0, 0.05) is 0 Å². The Bertz CT molecular complexity index is 592. The maximum atomic E-state index is 13.2. The van der Waals surface area contributed by atoms with Gasteiger partial charge in [0.2, 0.25) is 0 Å². The van der Waals surface area contributed by atoms with Crippen LogP contribution in [0.15, 0.2) is 34.9 Å². The highest BCUT2D eigenvalue weighted by Crippen LogP contribution is 2.20. The maximum absolute atomic E-state index is 13.2. The van der Waals surface area contributed by atoms with Crippen LogP contribution >= 0.6 is 0 Å². The molecule has 0 spiro atoms. The molecule has 0 saturated heterocycles. The topological polar surface area (TPSA) is 51.5 Å². The molecule has 5 heteroatoms. The van der Waals surface area contributed by atoms with Crippen molar-refractivity contribution in [3.63, 3.8) is 0 Å². The summed E-state index contributed by atoms with van der Waals surface area (Å²) >= 11 is 0. The van der Waals surface area contributed by atoms with E-state index in [1.54, 1.807) is 6.26 Å². The highest BCUT2D eigenvalue weighted by atomic mass is 19.1. The van der Waals surface area contributed by atoms with E-state index in [0.29, 0.717) is 12.2 Å². The third kappa shape index (κ3) is 2.93. The van der Waals surface area contributed by atoms with Crippen molar-refractivity contribution in [2.75, 3.05) is 12.4 Å². The van der Waals surface area contributed by atoms with Crippen LogP contribution in [-0.2, 0) is 11.3 Å². The zero-order chi connectivity index (χ0) is 13.8. The van der Waals surface area contributed by atoms with E-state index in [1.807, 2.05) is 13.0 Å². The number of hydrogen-bond acceptors (Lipinski definition) is 4. The van der Waals surface area contributed by atoms with E-state index in [2.05, 4.69) is 10.1 Å². The third-order valence-electron chi connectivity index (χ3n) is 2.79. The second-order valence-electron chi connectivity index (χ2n) is 4.06. The molecule has 1 aromatic carbocycles. The lowest BCUT2D eigenvalue weighted by molar-refractivity contribution is 0.0601. The van der Waals surface area contributed by atoms with Crippen molar-refractivity contribution in [1.82, 2.24) is 0 Å². The van der Waals surface area contributed by atoms with Crippen molar-refractivity contribution in [2.24, 2.45) is 0 Å². The number of ether oxygens (including phenoxy) is 1. The third-order valence-corrected chi connectivity index (χ3v) is 2.79.